The van der Waals surface area contributed by atoms with Crippen LogP contribution >= 0.6 is 0 Å². The number of aromatic nitrogens is 2. The van der Waals surface area contributed by atoms with E-state index >= 15 is 0 Å². The number of hydrogen-bond donors (Lipinski definition) is 2. The molecule has 7 nitrogen and oxygen atoms in total. The average Bonchev–Trinajstić information content (AvgIpc) is 2.70. The van der Waals surface area contributed by atoms with Crippen molar-refractivity contribution in [3.8, 4) is 0 Å². The summed E-state index contributed by atoms with van der Waals surface area (Å²) < 4.78 is 1.18. The molecule has 0 saturated heterocycles. The number of fused-ring (bicyclic) bond motifs is 1. The standard InChI is InChI=1S/C21H21N3O4/c1-2-24-19(25)10-9-18(23-24)20(26)22-13-17(21(27)28)12-14-7-8-15-5-3-4-6-16(15)11-14/h3-11,17H,2,12-13H2,1H3,(H,22,26)(H,27,28)/t17-/m1/s1. The van der Waals surface area contributed by atoms with Crippen LogP contribution in [0, 0.1) is 5.92 Å². The van der Waals surface area contributed by atoms with Gasteiger partial charge in [0, 0.05) is 19.2 Å². The molecular formula is C21H21N3O4. The second-order valence-corrected chi connectivity index (χ2v) is 6.50. The molecule has 2 aromatic carbocycles. The first-order valence-electron chi connectivity index (χ1n) is 9.04. The molecular weight excluding hydrogens is 358 g/mol. The summed E-state index contributed by atoms with van der Waals surface area (Å²) in [5.41, 5.74) is 0.674. The van der Waals surface area contributed by atoms with Crippen LogP contribution in [0.5, 0.6) is 0 Å². The topological polar surface area (TPSA) is 101 Å². The van der Waals surface area contributed by atoms with Gasteiger partial charge in [-0.05, 0) is 35.7 Å². The van der Waals surface area contributed by atoms with Crippen LogP contribution in [0.4, 0.5) is 0 Å². The minimum atomic E-state index is -0.986. The molecule has 0 fully saturated rings. The van der Waals surface area contributed by atoms with E-state index in [1.807, 2.05) is 42.5 Å². The molecule has 3 rings (SSSR count). The van der Waals surface area contributed by atoms with Gasteiger partial charge in [0.1, 0.15) is 5.69 Å². The SMILES string of the molecule is CCn1nc(C(=O)NC[C@@H](Cc2ccc3ccccc3c2)C(=O)O)ccc1=O. The number of aryl methyl sites for hydroxylation is 1. The van der Waals surface area contributed by atoms with E-state index in [0.717, 1.165) is 16.3 Å². The van der Waals surface area contributed by atoms with Crippen LogP contribution in [0.1, 0.15) is 23.0 Å². The van der Waals surface area contributed by atoms with Gasteiger partial charge in [0.25, 0.3) is 11.5 Å². The van der Waals surface area contributed by atoms with Crippen molar-refractivity contribution in [2.45, 2.75) is 19.9 Å². The predicted octanol–water partition coefficient (Wildman–Crippen LogP) is 2.09. The van der Waals surface area contributed by atoms with E-state index < -0.39 is 17.8 Å². The number of carbonyl (C=O) groups excluding carboxylic acids is 1. The van der Waals surface area contributed by atoms with Crippen LogP contribution in [-0.4, -0.2) is 33.3 Å². The lowest BCUT2D eigenvalue weighted by Gasteiger charge is -2.14. The molecule has 1 atom stereocenters. The number of hydrogen-bond acceptors (Lipinski definition) is 4. The van der Waals surface area contributed by atoms with Crippen molar-refractivity contribution < 1.29 is 14.7 Å². The van der Waals surface area contributed by atoms with Crippen molar-refractivity contribution in [2.75, 3.05) is 6.54 Å². The zero-order chi connectivity index (χ0) is 20.1. The maximum atomic E-state index is 12.3. The summed E-state index contributed by atoms with van der Waals surface area (Å²) in [7, 11) is 0. The third-order valence-corrected chi connectivity index (χ3v) is 4.55. The maximum absolute atomic E-state index is 12.3. The molecule has 0 unspecified atom stereocenters. The number of rotatable bonds is 7. The summed E-state index contributed by atoms with van der Waals surface area (Å²) in [5.74, 6) is -2.27. The van der Waals surface area contributed by atoms with Gasteiger partial charge in [-0.15, -0.1) is 0 Å². The van der Waals surface area contributed by atoms with Crippen LogP contribution < -0.4 is 10.9 Å². The van der Waals surface area contributed by atoms with Gasteiger partial charge in [-0.2, -0.15) is 5.10 Å². The highest BCUT2D eigenvalue weighted by molar-refractivity contribution is 5.92. The van der Waals surface area contributed by atoms with Gasteiger partial charge < -0.3 is 10.4 Å². The molecule has 0 radical (unpaired) electrons. The highest BCUT2D eigenvalue weighted by Gasteiger charge is 2.20. The zero-order valence-electron chi connectivity index (χ0n) is 15.5. The van der Waals surface area contributed by atoms with Crippen molar-refractivity contribution in [3.05, 3.63) is 76.2 Å². The Kier molecular flexibility index (Phi) is 5.84. The Balaban J connectivity index is 1.69. The largest absolute Gasteiger partial charge is 0.481 e. The minimum absolute atomic E-state index is 0.0338. The van der Waals surface area contributed by atoms with E-state index in [-0.39, 0.29) is 17.8 Å². The van der Waals surface area contributed by atoms with Gasteiger partial charge >= 0.3 is 5.97 Å². The van der Waals surface area contributed by atoms with Crippen LogP contribution in [0.2, 0.25) is 0 Å². The van der Waals surface area contributed by atoms with E-state index in [1.54, 1.807) is 6.92 Å². The number of carboxylic acids is 1. The number of carboxylic acid groups (broad SMARTS) is 1. The lowest BCUT2D eigenvalue weighted by Crippen LogP contribution is -2.35. The Morgan fingerprint density at radius 2 is 1.86 bits per heavy atom. The van der Waals surface area contributed by atoms with Crippen LogP contribution in [0.15, 0.2) is 59.4 Å². The fourth-order valence-corrected chi connectivity index (χ4v) is 3.00. The van der Waals surface area contributed by atoms with Gasteiger partial charge in [-0.25, -0.2) is 4.68 Å². The molecule has 1 aromatic heterocycles. The summed E-state index contributed by atoms with van der Waals surface area (Å²) in [6.45, 7) is 2.06. The Hall–Kier alpha value is -3.48. The quantitative estimate of drug-likeness (QED) is 0.655. The first-order chi connectivity index (χ1) is 13.5. The minimum Gasteiger partial charge on any atom is -0.481 e. The molecule has 0 spiro atoms. The summed E-state index contributed by atoms with van der Waals surface area (Å²) >= 11 is 0. The molecule has 7 heteroatoms. The van der Waals surface area contributed by atoms with Gasteiger partial charge in [0.2, 0.25) is 0 Å². The Bertz CT molecular complexity index is 1070. The van der Waals surface area contributed by atoms with Crippen molar-refractivity contribution >= 4 is 22.6 Å². The fourth-order valence-electron chi connectivity index (χ4n) is 3.00. The summed E-state index contributed by atoms with van der Waals surface area (Å²) in [6.07, 6.45) is 0.294. The molecule has 1 amide bonds. The highest BCUT2D eigenvalue weighted by atomic mass is 16.4. The van der Waals surface area contributed by atoms with Gasteiger partial charge in [-0.3, -0.25) is 14.4 Å². The van der Waals surface area contributed by atoms with Crippen molar-refractivity contribution in [3.63, 3.8) is 0 Å². The lowest BCUT2D eigenvalue weighted by atomic mass is 9.97. The molecule has 3 aromatic rings. The average molecular weight is 379 g/mol. The van der Waals surface area contributed by atoms with E-state index in [4.69, 9.17) is 0 Å². The van der Waals surface area contributed by atoms with Crippen molar-refractivity contribution in [2.24, 2.45) is 5.92 Å². The molecule has 28 heavy (non-hydrogen) atoms. The van der Waals surface area contributed by atoms with Gasteiger partial charge in [0.15, 0.2) is 0 Å². The van der Waals surface area contributed by atoms with Crippen LogP contribution in [0.3, 0.4) is 0 Å². The molecule has 144 valence electrons. The summed E-state index contributed by atoms with van der Waals surface area (Å²) in [6, 6.07) is 16.3. The van der Waals surface area contributed by atoms with Crippen LogP contribution in [0.25, 0.3) is 10.8 Å². The Morgan fingerprint density at radius 1 is 1.11 bits per heavy atom. The third-order valence-electron chi connectivity index (χ3n) is 4.55. The smallest absolute Gasteiger partial charge is 0.308 e. The molecule has 0 aliphatic carbocycles. The third kappa shape index (κ3) is 4.43. The Morgan fingerprint density at radius 3 is 2.57 bits per heavy atom. The van der Waals surface area contributed by atoms with Gasteiger partial charge in [0.05, 0.1) is 5.92 Å². The molecule has 0 aliphatic rings. The number of amides is 1. The fraction of sp³-hybridized carbons (Fsp3) is 0.238. The second-order valence-electron chi connectivity index (χ2n) is 6.50. The normalized spacial score (nSPS) is 11.9. The predicted molar refractivity (Wildman–Crippen MR) is 105 cm³/mol. The number of aliphatic carboxylic acids is 1. The summed E-state index contributed by atoms with van der Waals surface area (Å²) in [4.78, 5) is 35.5. The maximum Gasteiger partial charge on any atom is 0.308 e. The zero-order valence-corrected chi connectivity index (χ0v) is 15.5. The lowest BCUT2D eigenvalue weighted by molar-refractivity contribution is -0.141. The molecule has 0 bridgehead atoms. The van der Waals surface area contributed by atoms with Crippen LogP contribution in [-0.2, 0) is 17.8 Å². The van der Waals surface area contributed by atoms with E-state index in [0.29, 0.717) is 13.0 Å². The number of carbonyl (C=O) groups is 2. The molecule has 2 N–H and O–H groups in total. The van der Waals surface area contributed by atoms with E-state index in [2.05, 4.69) is 10.4 Å². The van der Waals surface area contributed by atoms with E-state index in [9.17, 15) is 19.5 Å². The highest BCUT2D eigenvalue weighted by Crippen LogP contribution is 2.18. The number of nitrogens with one attached hydrogen (secondary N) is 1. The van der Waals surface area contributed by atoms with Crippen molar-refractivity contribution in [1.82, 2.24) is 15.1 Å². The first-order valence-corrected chi connectivity index (χ1v) is 9.04. The van der Waals surface area contributed by atoms with E-state index in [1.165, 1.54) is 16.8 Å². The second kappa shape index (κ2) is 8.47. The Labute approximate surface area is 161 Å². The molecule has 0 aliphatic heterocycles. The molecule has 0 saturated carbocycles. The summed E-state index contributed by atoms with van der Waals surface area (Å²) in [5, 5.41) is 18.3. The first kappa shape index (κ1) is 19.3. The number of benzene rings is 2. The number of nitrogens with zero attached hydrogens (tertiary/aromatic N) is 2. The monoisotopic (exact) mass is 379 g/mol. The van der Waals surface area contributed by atoms with Gasteiger partial charge in [-0.1, -0.05) is 42.5 Å². The van der Waals surface area contributed by atoms with Crippen molar-refractivity contribution in [1.29, 1.82) is 0 Å². The molecule has 1 heterocycles.